The number of fused-ring (bicyclic) bond motifs is 1. The van der Waals surface area contributed by atoms with Gasteiger partial charge in [0.1, 0.15) is 11.8 Å². The van der Waals surface area contributed by atoms with Crippen LogP contribution >= 0.6 is 0 Å². The van der Waals surface area contributed by atoms with Crippen molar-refractivity contribution in [3.63, 3.8) is 0 Å². The first-order chi connectivity index (χ1) is 7.16. The highest BCUT2D eigenvalue weighted by Crippen LogP contribution is 2.05. The topological polar surface area (TPSA) is 93.2 Å². The number of nitrogens with zero attached hydrogens (tertiary/aromatic N) is 2. The average Bonchev–Trinajstić information content (AvgIpc) is 2.59. The summed E-state index contributed by atoms with van der Waals surface area (Å²) in [5.74, 6) is -0.535. The molecule has 6 nitrogen and oxygen atoms in total. The van der Waals surface area contributed by atoms with Gasteiger partial charge in [-0.05, 0) is 17.7 Å². The van der Waals surface area contributed by atoms with E-state index in [2.05, 4.69) is 10.1 Å². The molecule has 0 aliphatic carbocycles. The van der Waals surface area contributed by atoms with Crippen molar-refractivity contribution in [2.45, 2.75) is 0 Å². The number of aromatic nitrogens is 3. The van der Waals surface area contributed by atoms with Crippen LogP contribution in [0.1, 0.15) is 5.56 Å². The highest BCUT2D eigenvalue weighted by Gasteiger charge is 2.00. The maximum atomic E-state index is 11.3. The third-order valence-corrected chi connectivity index (χ3v) is 1.87. The molecule has 2 heterocycles. The smallest absolute Gasteiger partial charge is 0.275 e. The minimum absolute atomic E-state index is 0.233. The van der Waals surface area contributed by atoms with Crippen LogP contribution in [-0.2, 0) is 4.79 Å². The van der Waals surface area contributed by atoms with Crippen molar-refractivity contribution in [3.05, 3.63) is 40.6 Å². The van der Waals surface area contributed by atoms with Gasteiger partial charge in [0.2, 0.25) is 5.91 Å². The molecule has 15 heavy (non-hydrogen) atoms. The van der Waals surface area contributed by atoms with E-state index in [1.165, 1.54) is 23.0 Å². The second kappa shape index (κ2) is 3.41. The van der Waals surface area contributed by atoms with Gasteiger partial charge in [-0.15, -0.1) is 0 Å². The zero-order valence-corrected chi connectivity index (χ0v) is 7.68. The molecule has 76 valence electrons. The number of rotatable bonds is 2. The van der Waals surface area contributed by atoms with Crippen molar-refractivity contribution in [3.8, 4) is 0 Å². The minimum atomic E-state index is -0.535. The predicted octanol–water partition coefficient (Wildman–Crippen LogP) is -0.479. The van der Waals surface area contributed by atoms with Crippen molar-refractivity contribution in [1.82, 2.24) is 14.6 Å². The number of carbonyl (C=O) groups is 1. The molecule has 0 atom stereocenters. The number of aromatic amines is 1. The molecule has 0 spiro atoms. The molecular weight excluding hydrogens is 196 g/mol. The Morgan fingerprint density at radius 1 is 1.60 bits per heavy atom. The molecule has 0 aromatic carbocycles. The minimum Gasteiger partial charge on any atom is -0.366 e. The van der Waals surface area contributed by atoms with E-state index in [4.69, 9.17) is 5.73 Å². The van der Waals surface area contributed by atoms with Crippen molar-refractivity contribution in [2.24, 2.45) is 5.73 Å². The lowest BCUT2D eigenvalue weighted by atomic mass is 10.3. The molecule has 0 fully saturated rings. The lowest BCUT2D eigenvalue weighted by Gasteiger charge is -1.87. The van der Waals surface area contributed by atoms with Crippen LogP contribution in [0.2, 0.25) is 0 Å². The molecular formula is C9H8N4O2. The summed E-state index contributed by atoms with van der Waals surface area (Å²) in [6.45, 7) is 0. The van der Waals surface area contributed by atoms with Crippen LogP contribution in [0.5, 0.6) is 0 Å². The summed E-state index contributed by atoms with van der Waals surface area (Å²) in [6, 6.07) is 1.62. The second-order valence-corrected chi connectivity index (χ2v) is 2.96. The monoisotopic (exact) mass is 204 g/mol. The van der Waals surface area contributed by atoms with Crippen LogP contribution in [0, 0.1) is 0 Å². The molecule has 2 aromatic heterocycles. The quantitative estimate of drug-likeness (QED) is 0.647. The third-order valence-electron chi connectivity index (χ3n) is 1.87. The molecule has 0 unspecified atom stereocenters. The number of primary amides is 1. The summed E-state index contributed by atoms with van der Waals surface area (Å²) in [5, 5.41) is 3.90. The summed E-state index contributed by atoms with van der Waals surface area (Å²) in [6.07, 6.45) is 5.68. The van der Waals surface area contributed by atoms with E-state index in [0.717, 1.165) is 0 Å². The standard InChI is InChI=1S/C9H8N4O2/c10-8(14)2-1-6-3-7-9(15)11-5-12-13(7)4-6/h1-5H,(H2,10,14)(H,11,12,15). The van der Waals surface area contributed by atoms with Gasteiger partial charge in [-0.2, -0.15) is 5.10 Å². The van der Waals surface area contributed by atoms with Crippen LogP contribution in [0.25, 0.3) is 11.6 Å². The fourth-order valence-corrected chi connectivity index (χ4v) is 1.23. The number of nitrogens with two attached hydrogens (primary N) is 1. The molecule has 0 saturated carbocycles. The summed E-state index contributed by atoms with van der Waals surface area (Å²) < 4.78 is 1.43. The number of hydrogen-bond donors (Lipinski definition) is 2. The first kappa shape index (κ1) is 9.20. The molecule has 0 aliphatic rings. The Morgan fingerprint density at radius 2 is 2.40 bits per heavy atom. The largest absolute Gasteiger partial charge is 0.366 e. The molecule has 0 bridgehead atoms. The Hall–Kier alpha value is -2.37. The first-order valence-corrected chi connectivity index (χ1v) is 4.20. The SMILES string of the molecule is NC(=O)C=Cc1cc2c(=O)[nH]cnn2c1. The van der Waals surface area contributed by atoms with Gasteiger partial charge in [0.25, 0.3) is 5.56 Å². The zero-order valence-electron chi connectivity index (χ0n) is 7.68. The van der Waals surface area contributed by atoms with E-state index in [1.807, 2.05) is 0 Å². The summed E-state index contributed by atoms with van der Waals surface area (Å²) >= 11 is 0. The maximum absolute atomic E-state index is 11.3. The van der Waals surface area contributed by atoms with Gasteiger partial charge in [0, 0.05) is 12.3 Å². The van der Waals surface area contributed by atoms with Crippen LogP contribution < -0.4 is 11.3 Å². The normalized spacial score (nSPS) is 11.2. The van der Waals surface area contributed by atoms with E-state index < -0.39 is 5.91 Å². The van der Waals surface area contributed by atoms with Gasteiger partial charge in [0.15, 0.2) is 0 Å². The predicted molar refractivity (Wildman–Crippen MR) is 54.0 cm³/mol. The third kappa shape index (κ3) is 1.78. The fraction of sp³-hybridized carbons (Fsp3) is 0. The van der Waals surface area contributed by atoms with E-state index >= 15 is 0 Å². The lowest BCUT2D eigenvalue weighted by Crippen LogP contribution is -2.09. The number of nitrogens with one attached hydrogen (secondary N) is 1. The summed E-state index contributed by atoms with van der Waals surface area (Å²) in [5.41, 5.74) is 5.83. The number of H-pyrrole nitrogens is 1. The van der Waals surface area contributed by atoms with Crippen LogP contribution in [-0.4, -0.2) is 20.5 Å². The number of amides is 1. The molecule has 0 saturated heterocycles. The Kier molecular flexibility index (Phi) is 2.09. The van der Waals surface area contributed by atoms with E-state index in [-0.39, 0.29) is 5.56 Å². The molecule has 0 radical (unpaired) electrons. The average molecular weight is 204 g/mol. The van der Waals surface area contributed by atoms with E-state index in [0.29, 0.717) is 11.1 Å². The Balaban J connectivity index is 2.52. The Labute approximate surface area is 84.0 Å². The van der Waals surface area contributed by atoms with Gasteiger partial charge in [-0.3, -0.25) is 9.59 Å². The highest BCUT2D eigenvalue weighted by molar-refractivity contribution is 5.90. The molecule has 2 rings (SSSR count). The van der Waals surface area contributed by atoms with Gasteiger partial charge < -0.3 is 10.7 Å². The maximum Gasteiger partial charge on any atom is 0.275 e. The second-order valence-electron chi connectivity index (χ2n) is 2.96. The summed E-state index contributed by atoms with van der Waals surface area (Å²) in [4.78, 5) is 24.2. The number of carbonyl (C=O) groups excluding carboxylic acids is 1. The van der Waals surface area contributed by atoms with Crippen LogP contribution in [0.3, 0.4) is 0 Å². The molecule has 0 aliphatic heterocycles. The van der Waals surface area contributed by atoms with E-state index in [1.54, 1.807) is 12.3 Å². The molecule has 2 aromatic rings. The lowest BCUT2D eigenvalue weighted by molar-refractivity contribution is -0.113. The van der Waals surface area contributed by atoms with Gasteiger partial charge in [0.05, 0.1) is 0 Å². The van der Waals surface area contributed by atoms with Gasteiger partial charge in [-0.25, -0.2) is 4.52 Å². The molecule has 6 heteroatoms. The van der Waals surface area contributed by atoms with E-state index in [9.17, 15) is 9.59 Å². The molecule has 1 amide bonds. The zero-order chi connectivity index (χ0) is 10.8. The Morgan fingerprint density at radius 3 is 3.07 bits per heavy atom. The fourth-order valence-electron chi connectivity index (χ4n) is 1.23. The van der Waals surface area contributed by atoms with Crippen LogP contribution in [0.4, 0.5) is 0 Å². The van der Waals surface area contributed by atoms with Crippen molar-refractivity contribution < 1.29 is 4.79 Å². The molecule has 3 N–H and O–H groups in total. The van der Waals surface area contributed by atoms with Crippen LogP contribution in [0.15, 0.2) is 29.5 Å². The van der Waals surface area contributed by atoms with Gasteiger partial charge in [-0.1, -0.05) is 0 Å². The van der Waals surface area contributed by atoms with Crippen molar-refractivity contribution in [2.75, 3.05) is 0 Å². The number of hydrogen-bond acceptors (Lipinski definition) is 3. The van der Waals surface area contributed by atoms with Gasteiger partial charge >= 0.3 is 0 Å². The first-order valence-electron chi connectivity index (χ1n) is 4.20. The summed E-state index contributed by atoms with van der Waals surface area (Å²) in [7, 11) is 0. The highest BCUT2D eigenvalue weighted by atomic mass is 16.1. The van der Waals surface area contributed by atoms with Crippen molar-refractivity contribution in [1.29, 1.82) is 0 Å². The Bertz CT molecular complexity index is 593. The van der Waals surface area contributed by atoms with Crippen molar-refractivity contribution >= 4 is 17.5 Å².